The first-order valence-electron chi connectivity index (χ1n) is 8.77. The SMILES string of the molecule is C.C.Cn1c[c]([Sn]([CH3])([CH3])[CH3])nc1C(C)(C)C.Cn1cc(I)nc1C(C)(C)C. The molecular weight excluding hydrogens is 554 g/mol. The van der Waals surface area contributed by atoms with Crippen LogP contribution in [0.3, 0.4) is 0 Å². The van der Waals surface area contributed by atoms with Crippen LogP contribution in [-0.4, -0.2) is 37.5 Å². The molecule has 2 rings (SSSR count). The average Bonchev–Trinajstić information content (AvgIpc) is 2.91. The molecule has 0 aliphatic heterocycles. The molecule has 0 radical (unpaired) electrons. The Morgan fingerprint density at radius 2 is 1.15 bits per heavy atom. The molecule has 27 heavy (non-hydrogen) atoms. The van der Waals surface area contributed by atoms with Crippen molar-refractivity contribution in [2.75, 3.05) is 0 Å². The van der Waals surface area contributed by atoms with E-state index in [1.165, 1.54) is 9.53 Å². The second kappa shape index (κ2) is 10.1. The van der Waals surface area contributed by atoms with Gasteiger partial charge >= 0.3 is 91.7 Å². The number of aromatic nitrogens is 4. The summed E-state index contributed by atoms with van der Waals surface area (Å²) in [6, 6.07) is 0. The van der Waals surface area contributed by atoms with E-state index in [4.69, 9.17) is 4.98 Å². The Kier molecular flexibility index (Phi) is 10.9. The summed E-state index contributed by atoms with van der Waals surface area (Å²) in [7, 11) is 4.14. The Morgan fingerprint density at radius 1 is 0.778 bits per heavy atom. The van der Waals surface area contributed by atoms with Gasteiger partial charge in [-0.25, -0.2) is 4.98 Å². The van der Waals surface area contributed by atoms with Crippen LogP contribution in [0, 0.1) is 3.70 Å². The molecule has 0 aromatic carbocycles. The fourth-order valence-corrected chi connectivity index (χ4v) is 6.22. The zero-order chi connectivity index (χ0) is 19.8. The van der Waals surface area contributed by atoms with E-state index in [-0.39, 0.29) is 25.7 Å². The Morgan fingerprint density at radius 3 is 1.33 bits per heavy atom. The molecule has 0 saturated carbocycles. The van der Waals surface area contributed by atoms with Gasteiger partial charge in [-0.15, -0.1) is 0 Å². The van der Waals surface area contributed by atoms with Crippen molar-refractivity contribution >= 4 is 44.7 Å². The molecule has 0 fully saturated rings. The van der Waals surface area contributed by atoms with Gasteiger partial charge in [-0.3, -0.25) is 0 Å². The standard InChI is InChI=1S/C8H13IN2.C8H13N2.2CH4.3CH3.Sn/c1-8(2,3)7-10-6(9)5-11(7)4;1-8(2,3)7-9-5-6-10(7)4;;;;;;/h5H,1-4H3;6H,1-4H3;2*1H4;3*1H3;. The van der Waals surface area contributed by atoms with E-state index in [9.17, 15) is 0 Å². The summed E-state index contributed by atoms with van der Waals surface area (Å²) in [4.78, 5) is 16.5. The van der Waals surface area contributed by atoms with E-state index in [1.54, 1.807) is 0 Å². The maximum absolute atomic E-state index is 4.81. The van der Waals surface area contributed by atoms with Crippen molar-refractivity contribution in [3.05, 3.63) is 27.7 Å². The fraction of sp³-hybridized carbons (Fsp3) is 0.714. The summed E-state index contributed by atoms with van der Waals surface area (Å²) >= 11 is 0.266. The van der Waals surface area contributed by atoms with Crippen LogP contribution in [0.1, 0.15) is 68.0 Å². The summed E-state index contributed by atoms with van der Waals surface area (Å²) in [5.41, 5.74) is 0.308. The van der Waals surface area contributed by atoms with Crippen molar-refractivity contribution in [2.45, 2.75) is 82.0 Å². The van der Waals surface area contributed by atoms with Gasteiger partial charge in [0.2, 0.25) is 0 Å². The number of halogens is 1. The summed E-state index contributed by atoms with van der Waals surface area (Å²) < 4.78 is 6.72. The van der Waals surface area contributed by atoms with E-state index < -0.39 is 18.4 Å². The molecule has 0 amide bonds. The normalized spacial score (nSPS) is 11.9. The third-order valence-electron chi connectivity index (χ3n) is 3.83. The molecule has 0 bridgehead atoms. The first kappa shape index (κ1) is 29.2. The van der Waals surface area contributed by atoms with E-state index in [2.05, 4.69) is 106 Å². The molecule has 0 aliphatic carbocycles. The average molecular weight is 597 g/mol. The van der Waals surface area contributed by atoms with E-state index >= 15 is 0 Å². The maximum Gasteiger partial charge on any atom is 0.119 e. The van der Waals surface area contributed by atoms with Crippen molar-refractivity contribution in [2.24, 2.45) is 14.1 Å². The Labute approximate surface area is 186 Å². The molecule has 6 heteroatoms. The van der Waals surface area contributed by atoms with Gasteiger partial charge in [0.25, 0.3) is 0 Å². The second-order valence-electron chi connectivity index (χ2n) is 9.81. The zero-order valence-corrected chi connectivity index (χ0v) is 22.8. The minimum Gasteiger partial charge on any atom is -0.336 e. The van der Waals surface area contributed by atoms with Crippen LogP contribution in [-0.2, 0) is 24.9 Å². The molecule has 0 unspecified atom stereocenters. The first-order valence-corrected chi connectivity index (χ1v) is 19.8. The van der Waals surface area contributed by atoms with E-state index in [0.717, 1.165) is 9.53 Å². The molecule has 158 valence electrons. The Hall–Kier alpha value is -0.0513. The number of hydrogen-bond acceptors (Lipinski definition) is 2. The van der Waals surface area contributed by atoms with Gasteiger partial charge in [0.1, 0.15) is 9.53 Å². The minimum atomic E-state index is -1.97. The van der Waals surface area contributed by atoms with Crippen LogP contribution in [0.15, 0.2) is 12.4 Å². The van der Waals surface area contributed by atoms with Crippen LogP contribution in [0.5, 0.6) is 0 Å². The van der Waals surface area contributed by atoms with Crippen LogP contribution >= 0.6 is 22.6 Å². The number of rotatable bonds is 1. The number of aryl methyl sites for hydroxylation is 2. The number of nitrogens with zero attached hydrogens (tertiary/aromatic N) is 4. The van der Waals surface area contributed by atoms with Crippen LogP contribution < -0.4 is 3.71 Å². The molecule has 0 N–H and O–H groups in total. The molecule has 0 spiro atoms. The van der Waals surface area contributed by atoms with E-state index in [0.29, 0.717) is 0 Å². The topological polar surface area (TPSA) is 35.6 Å². The summed E-state index contributed by atoms with van der Waals surface area (Å²) in [5.74, 6) is 2.35. The van der Waals surface area contributed by atoms with Crippen LogP contribution in [0.25, 0.3) is 0 Å². The molecule has 2 aromatic rings. The third kappa shape index (κ3) is 8.46. The zero-order valence-electron chi connectivity index (χ0n) is 17.8. The van der Waals surface area contributed by atoms with Crippen molar-refractivity contribution < 1.29 is 0 Å². The molecular formula is C21H43IN4Sn. The van der Waals surface area contributed by atoms with Crippen molar-refractivity contribution in [1.29, 1.82) is 0 Å². The third-order valence-corrected chi connectivity index (χ3v) is 9.43. The predicted molar refractivity (Wildman–Crippen MR) is 133 cm³/mol. The molecule has 4 nitrogen and oxygen atoms in total. The molecule has 0 saturated heterocycles. The first-order chi connectivity index (χ1) is 11.0. The maximum atomic E-state index is 4.81. The monoisotopic (exact) mass is 598 g/mol. The molecule has 2 heterocycles. The van der Waals surface area contributed by atoms with Gasteiger partial charge < -0.3 is 4.57 Å². The Balaban J connectivity index is 0. The van der Waals surface area contributed by atoms with Crippen molar-refractivity contribution in [1.82, 2.24) is 19.1 Å². The van der Waals surface area contributed by atoms with Crippen molar-refractivity contribution in [3.8, 4) is 0 Å². The fourth-order valence-electron chi connectivity index (χ4n) is 2.65. The van der Waals surface area contributed by atoms with Gasteiger partial charge in [0.15, 0.2) is 0 Å². The van der Waals surface area contributed by atoms with Gasteiger partial charge in [0.05, 0.1) is 0 Å². The molecule has 0 aliphatic rings. The quantitative estimate of drug-likeness (QED) is 0.306. The number of imidazole rings is 2. The van der Waals surface area contributed by atoms with Crippen LogP contribution in [0.2, 0.25) is 14.8 Å². The largest absolute Gasteiger partial charge is 0.336 e. The van der Waals surface area contributed by atoms with Gasteiger partial charge in [-0.1, -0.05) is 35.6 Å². The van der Waals surface area contributed by atoms with E-state index in [1.807, 2.05) is 13.2 Å². The Bertz CT molecular complexity index is 710. The molecule has 2 aromatic heterocycles. The molecule has 0 atom stereocenters. The summed E-state index contributed by atoms with van der Waals surface area (Å²) in [6.45, 7) is 13.2. The van der Waals surface area contributed by atoms with Crippen LogP contribution in [0.4, 0.5) is 0 Å². The van der Waals surface area contributed by atoms with Gasteiger partial charge in [0, 0.05) is 18.7 Å². The number of hydrogen-bond donors (Lipinski definition) is 0. The minimum absolute atomic E-state index is 0. The second-order valence-corrected chi connectivity index (χ2v) is 25.2. The van der Waals surface area contributed by atoms with Crippen molar-refractivity contribution in [3.63, 3.8) is 0 Å². The smallest absolute Gasteiger partial charge is 0.119 e. The van der Waals surface area contributed by atoms with Gasteiger partial charge in [-0.2, -0.15) is 0 Å². The summed E-state index contributed by atoms with van der Waals surface area (Å²) in [5, 5.41) is 0. The van der Waals surface area contributed by atoms with Gasteiger partial charge in [-0.05, 0) is 22.6 Å². The summed E-state index contributed by atoms with van der Waals surface area (Å²) in [6.07, 6.45) is 4.28. The predicted octanol–water partition coefficient (Wildman–Crippen LogP) is 5.86.